The maximum Gasteiger partial charge on any atom is 0.485 e. The molecule has 0 aromatic heterocycles. The van der Waals surface area contributed by atoms with Crippen molar-refractivity contribution < 1.29 is 30.9 Å². The van der Waals surface area contributed by atoms with E-state index >= 15 is 0 Å². The predicted molar refractivity (Wildman–Crippen MR) is 170 cm³/mol. The van der Waals surface area contributed by atoms with Crippen molar-refractivity contribution in [2.24, 2.45) is 0 Å². The highest BCUT2D eigenvalue weighted by molar-refractivity contribution is 7.86. The maximum absolute atomic E-state index is 10.7. The Morgan fingerprint density at radius 2 is 1.02 bits per heavy atom. The van der Waals surface area contributed by atoms with Crippen molar-refractivity contribution in [3.63, 3.8) is 0 Å². The van der Waals surface area contributed by atoms with E-state index in [-0.39, 0.29) is 0 Å². The SMILES string of the molecule is CCCCCCCCCCCCCCCCCCOc1ccc(C[SH+]Cc2ccccc2)cc1.O=S(=O)([O-])C(F)(F)F. The average molecular weight is 633 g/mol. The van der Waals surface area contributed by atoms with Gasteiger partial charge in [-0.3, -0.25) is 0 Å². The predicted octanol–water partition coefficient (Wildman–Crippen LogP) is 9.89. The second kappa shape index (κ2) is 23.7. The highest BCUT2D eigenvalue weighted by Gasteiger charge is 2.36. The van der Waals surface area contributed by atoms with Crippen molar-refractivity contribution in [1.82, 2.24) is 0 Å². The van der Waals surface area contributed by atoms with Gasteiger partial charge in [-0.05, 0) is 30.3 Å². The molecule has 0 saturated carbocycles. The second-order valence-corrected chi connectivity index (χ2v) is 13.2. The number of unbranched alkanes of at least 4 members (excludes halogenated alkanes) is 15. The summed E-state index contributed by atoms with van der Waals surface area (Å²) in [5.41, 5.74) is -2.83. The minimum Gasteiger partial charge on any atom is -0.741 e. The summed E-state index contributed by atoms with van der Waals surface area (Å²) in [5, 5.41) is 0. The summed E-state index contributed by atoms with van der Waals surface area (Å²) in [5.74, 6) is 3.25. The van der Waals surface area contributed by atoms with E-state index in [1.54, 1.807) is 0 Å². The smallest absolute Gasteiger partial charge is 0.485 e. The van der Waals surface area contributed by atoms with Crippen molar-refractivity contribution >= 4 is 21.9 Å². The van der Waals surface area contributed by atoms with Crippen molar-refractivity contribution in [2.45, 2.75) is 127 Å². The third-order valence-corrected chi connectivity index (χ3v) is 8.65. The molecule has 0 fully saturated rings. The minimum atomic E-state index is -6.09. The van der Waals surface area contributed by atoms with E-state index in [0.717, 1.165) is 23.9 Å². The quantitative estimate of drug-likeness (QED) is 0.0426. The topological polar surface area (TPSA) is 66.4 Å². The molecule has 0 amide bonds. The fourth-order valence-electron chi connectivity index (χ4n) is 4.43. The number of ether oxygens (including phenoxy) is 1. The van der Waals surface area contributed by atoms with Crippen molar-refractivity contribution in [1.29, 1.82) is 0 Å². The molecule has 0 atom stereocenters. The zero-order valence-electron chi connectivity index (χ0n) is 25.3. The maximum atomic E-state index is 10.7. The first kappa shape index (κ1) is 38.3. The first-order valence-corrected chi connectivity index (χ1v) is 18.2. The van der Waals surface area contributed by atoms with Gasteiger partial charge in [-0.15, -0.1) is 0 Å². The van der Waals surface area contributed by atoms with Gasteiger partial charge in [0.15, 0.2) is 10.1 Å². The fourth-order valence-corrected chi connectivity index (χ4v) is 5.48. The summed E-state index contributed by atoms with van der Waals surface area (Å²) < 4.78 is 64.9. The number of thiol groups is 1. The molecule has 0 aliphatic rings. The summed E-state index contributed by atoms with van der Waals surface area (Å²) >= 11 is 1.45. The van der Waals surface area contributed by atoms with Crippen LogP contribution in [0.2, 0.25) is 0 Å². The lowest BCUT2D eigenvalue weighted by Crippen LogP contribution is -2.21. The van der Waals surface area contributed by atoms with Gasteiger partial charge in [0.1, 0.15) is 17.3 Å². The Morgan fingerprint density at radius 1 is 0.643 bits per heavy atom. The summed E-state index contributed by atoms with van der Waals surface area (Å²) in [6.07, 6.45) is 22.5. The van der Waals surface area contributed by atoms with Gasteiger partial charge in [-0.1, -0.05) is 146 Å². The summed E-state index contributed by atoms with van der Waals surface area (Å²) in [6, 6.07) is 19.5. The Kier molecular flexibility index (Phi) is 21.6. The highest BCUT2D eigenvalue weighted by atomic mass is 32.2. The molecule has 0 radical (unpaired) electrons. The first-order valence-electron chi connectivity index (χ1n) is 15.5. The summed E-state index contributed by atoms with van der Waals surface area (Å²) in [4.78, 5) is 0. The standard InChI is InChI=1S/C32H50OS.CHF3O3S/c1-2-3-4-5-6-7-8-9-10-11-12-13-14-15-16-20-27-33-32-25-23-31(24-26-32)29-34-28-30-21-18-17-19-22-30;2-1(3,4)8(5,6)7/h17-19,21-26H,2-16,20,27-29H2,1H3;(H,5,6,7). The molecule has 0 aliphatic carbocycles. The van der Waals surface area contributed by atoms with E-state index in [1.807, 2.05) is 0 Å². The van der Waals surface area contributed by atoms with Crippen molar-refractivity contribution in [2.75, 3.05) is 6.61 Å². The number of halogens is 3. The number of alkyl halides is 3. The molecule has 0 saturated heterocycles. The molecule has 2 rings (SSSR count). The van der Waals surface area contributed by atoms with E-state index < -0.39 is 15.6 Å². The molecule has 0 aliphatic heterocycles. The molecule has 42 heavy (non-hydrogen) atoms. The molecule has 0 spiro atoms. The molecule has 0 bridgehead atoms. The van der Waals surface area contributed by atoms with Crippen LogP contribution in [-0.4, -0.2) is 25.1 Å². The van der Waals surface area contributed by atoms with Gasteiger partial charge < -0.3 is 9.29 Å². The summed E-state index contributed by atoms with van der Waals surface area (Å²) in [7, 11) is -6.09. The van der Waals surface area contributed by atoms with Gasteiger partial charge >= 0.3 is 5.51 Å². The Balaban J connectivity index is 0.000000962. The first-order chi connectivity index (χ1) is 20.1. The van der Waals surface area contributed by atoms with Crippen LogP contribution in [0, 0.1) is 0 Å². The highest BCUT2D eigenvalue weighted by Crippen LogP contribution is 2.20. The van der Waals surface area contributed by atoms with Crippen LogP contribution in [0.3, 0.4) is 0 Å². The largest absolute Gasteiger partial charge is 0.741 e. The van der Waals surface area contributed by atoms with Gasteiger partial charge in [0, 0.05) is 11.1 Å². The number of hydrogen-bond acceptors (Lipinski definition) is 4. The fraction of sp³-hybridized carbons (Fsp3) is 0.636. The van der Waals surface area contributed by atoms with Crippen LogP contribution in [0.15, 0.2) is 54.6 Å². The van der Waals surface area contributed by atoms with E-state index in [4.69, 9.17) is 17.7 Å². The van der Waals surface area contributed by atoms with Gasteiger partial charge in [-0.25, -0.2) is 8.42 Å². The van der Waals surface area contributed by atoms with E-state index in [0.29, 0.717) is 0 Å². The van der Waals surface area contributed by atoms with Crippen molar-refractivity contribution in [3.05, 3.63) is 65.7 Å². The zero-order valence-corrected chi connectivity index (χ0v) is 27.0. The van der Waals surface area contributed by atoms with E-state index in [1.165, 1.54) is 126 Å². The molecule has 0 N–H and O–H groups in total. The van der Waals surface area contributed by atoms with Crippen LogP contribution in [-0.2, 0) is 33.4 Å². The average Bonchev–Trinajstić information content (AvgIpc) is 2.95. The van der Waals surface area contributed by atoms with Crippen LogP contribution in [0.4, 0.5) is 13.2 Å². The number of rotatable bonds is 22. The third-order valence-electron chi connectivity index (χ3n) is 6.91. The molecule has 4 nitrogen and oxygen atoms in total. The van der Waals surface area contributed by atoms with E-state index in [9.17, 15) is 13.2 Å². The van der Waals surface area contributed by atoms with Crippen LogP contribution < -0.4 is 4.74 Å². The molecular formula is C33H51F3O4S2. The molecule has 0 heterocycles. The lowest BCUT2D eigenvalue weighted by molar-refractivity contribution is -0.0517. The van der Waals surface area contributed by atoms with Crippen LogP contribution >= 0.6 is 0 Å². The Bertz CT molecular complexity index is 998. The van der Waals surface area contributed by atoms with Gasteiger partial charge in [-0.2, -0.15) is 13.2 Å². The lowest BCUT2D eigenvalue weighted by atomic mass is 10.0. The summed E-state index contributed by atoms with van der Waals surface area (Å²) in [6.45, 7) is 3.15. The number of hydrogen-bond donors (Lipinski definition) is 0. The Morgan fingerprint density at radius 3 is 1.43 bits per heavy atom. The van der Waals surface area contributed by atoms with Gasteiger partial charge in [0.25, 0.3) is 0 Å². The second-order valence-electron chi connectivity index (χ2n) is 10.7. The van der Waals surface area contributed by atoms with Gasteiger partial charge in [0.2, 0.25) is 0 Å². The van der Waals surface area contributed by atoms with Crippen LogP contribution in [0.25, 0.3) is 0 Å². The van der Waals surface area contributed by atoms with Crippen LogP contribution in [0.1, 0.15) is 121 Å². The number of benzene rings is 2. The molecule has 2 aromatic rings. The third kappa shape index (κ3) is 21.1. The minimum absolute atomic E-state index is 0.851. The molecule has 9 heteroatoms. The normalized spacial score (nSPS) is 11.6. The molecular weight excluding hydrogens is 581 g/mol. The zero-order chi connectivity index (χ0) is 30.9. The molecule has 0 unspecified atom stereocenters. The lowest BCUT2D eigenvalue weighted by Gasteiger charge is -2.08. The van der Waals surface area contributed by atoms with Gasteiger partial charge in [0.05, 0.1) is 6.61 Å². The molecule has 240 valence electrons. The monoisotopic (exact) mass is 632 g/mol. The molecule has 2 aromatic carbocycles. The van der Waals surface area contributed by atoms with Crippen molar-refractivity contribution in [3.8, 4) is 5.75 Å². The Labute approximate surface area is 257 Å². The Hall–Kier alpha value is -1.71. The van der Waals surface area contributed by atoms with Crippen LogP contribution in [0.5, 0.6) is 5.75 Å². The van der Waals surface area contributed by atoms with E-state index in [2.05, 4.69) is 61.5 Å².